The van der Waals surface area contributed by atoms with Gasteiger partial charge in [-0.1, -0.05) is 15.9 Å². The van der Waals surface area contributed by atoms with Gasteiger partial charge in [-0.05, 0) is 25.1 Å². The standard InChI is InChI=1S/C11H15BrO4S/c1-11(13,7-16-2)9-6-8(12)4-5-10(9)17(3,14)15/h4-6,13H,7H2,1-3H3. The summed E-state index contributed by atoms with van der Waals surface area (Å²) in [6, 6.07) is 4.69. The highest BCUT2D eigenvalue weighted by Crippen LogP contribution is 2.30. The molecule has 0 aliphatic heterocycles. The molecule has 0 bridgehead atoms. The van der Waals surface area contributed by atoms with Crippen LogP contribution in [0.5, 0.6) is 0 Å². The molecule has 0 heterocycles. The molecule has 0 saturated heterocycles. The normalized spacial score (nSPS) is 15.6. The van der Waals surface area contributed by atoms with E-state index in [0.717, 1.165) is 6.26 Å². The number of hydrogen-bond acceptors (Lipinski definition) is 4. The number of hydrogen-bond donors (Lipinski definition) is 1. The largest absolute Gasteiger partial charge is 0.383 e. The zero-order chi connectivity index (χ0) is 13.3. The molecule has 1 N–H and O–H groups in total. The van der Waals surface area contributed by atoms with Gasteiger partial charge in [0.05, 0.1) is 11.5 Å². The van der Waals surface area contributed by atoms with Gasteiger partial charge in [-0.25, -0.2) is 8.42 Å². The van der Waals surface area contributed by atoms with Crippen molar-refractivity contribution in [2.75, 3.05) is 20.0 Å². The fourth-order valence-electron chi connectivity index (χ4n) is 1.61. The van der Waals surface area contributed by atoms with Crippen molar-refractivity contribution >= 4 is 25.8 Å². The summed E-state index contributed by atoms with van der Waals surface area (Å²) >= 11 is 3.26. The van der Waals surface area contributed by atoms with Crippen molar-refractivity contribution < 1.29 is 18.3 Å². The first-order chi connectivity index (χ1) is 7.68. The van der Waals surface area contributed by atoms with E-state index < -0.39 is 15.4 Å². The lowest BCUT2D eigenvalue weighted by Crippen LogP contribution is -2.29. The molecule has 0 amide bonds. The van der Waals surface area contributed by atoms with Crippen molar-refractivity contribution in [1.82, 2.24) is 0 Å². The third kappa shape index (κ3) is 3.51. The van der Waals surface area contributed by atoms with Crippen molar-refractivity contribution in [2.45, 2.75) is 17.4 Å². The van der Waals surface area contributed by atoms with Crippen molar-refractivity contribution in [3.05, 3.63) is 28.2 Å². The average Bonchev–Trinajstić information content (AvgIpc) is 2.15. The Balaban J connectivity index is 3.45. The number of ether oxygens (including phenoxy) is 1. The molecule has 0 aliphatic rings. The molecular formula is C11H15BrO4S. The van der Waals surface area contributed by atoms with Crippen LogP contribution in [0.25, 0.3) is 0 Å². The maximum atomic E-state index is 11.6. The molecule has 6 heteroatoms. The second kappa shape index (κ2) is 5.06. The van der Waals surface area contributed by atoms with E-state index in [-0.39, 0.29) is 11.5 Å². The van der Waals surface area contributed by atoms with Crippen LogP contribution in [0.2, 0.25) is 0 Å². The van der Waals surface area contributed by atoms with E-state index in [1.165, 1.54) is 20.1 Å². The van der Waals surface area contributed by atoms with Gasteiger partial charge < -0.3 is 9.84 Å². The SMILES string of the molecule is COCC(C)(O)c1cc(Br)ccc1S(C)(=O)=O. The summed E-state index contributed by atoms with van der Waals surface area (Å²) in [5.74, 6) is 0. The molecule has 1 unspecified atom stereocenters. The summed E-state index contributed by atoms with van der Waals surface area (Å²) in [7, 11) is -1.94. The second-order valence-corrected chi connectivity index (χ2v) is 7.02. The first kappa shape index (κ1) is 14.6. The number of aliphatic hydroxyl groups is 1. The van der Waals surface area contributed by atoms with Crippen LogP contribution in [-0.2, 0) is 20.2 Å². The van der Waals surface area contributed by atoms with Gasteiger partial charge >= 0.3 is 0 Å². The van der Waals surface area contributed by atoms with Gasteiger partial charge in [0.15, 0.2) is 9.84 Å². The summed E-state index contributed by atoms with van der Waals surface area (Å²) in [5, 5.41) is 10.2. The Hall–Kier alpha value is -0.430. The highest BCUT2D eigenvalue weighted by atomic mass is 79.9. The fourth-order valence-corrected chi connectivity index (χ4v) is 2.96. The molecule has 0 aromatic heterocycles. The van der Waals surface area contributed by atoms with Crippen LogP contribution in [0.1, 0.15) is 12.5 Å². The van der Waals surface area contributed by atoms with E-state index in [2.05, 4.69) is 15.9 Å². The molecule has 1 atom stereocenters. The van der Waals surface area contributed by atoms with E-state index in [4.69, 9.17) is 4.74 Å². The molecule has 0 saturated carbocycles. The van der Waals surface area contributed by atoms with Gasteiger partial charge in [0.1, 0.15) is 5.60 Å². The number of benzene rings is 1. The molecule has 1 aromatic carbocycles. The summed E-state index contributed by atoms with van der Waals surface area (Å²) in [5.41, 5.74) is -1.02. The lowest BCUT2D eigenvalue weighted by Gasteiger charge is -2.25. The predicted molar refractivity (Wildman–Crippen MR) is 68.7 cm³/mol. The highest BCUT2D eigenvalue weighted by Gasteiger charge is 2.29. The Labute approximate surface area is 110 Å². The van der Waals surface area contributed by atoms with E-state index >= 15 is 0 Å². The van der Waals surface area contributed by atoms with Crippen molar-refractivity contribution in [1.29, 1.82) is 0 Å². The van der Waals surface area contributed by atoms with Gasteiger partial charge in [-0.3, -0.25) is 0 Å². The van der Waals surface area contributed by atoms with Crippen LogP contribution in [0, 0.1) is 0 Å². The first-order valence-electron chi connectivity index (χ1n) is 4.90. The first-order valence-corrected chi connectivity index (χ1v) is 7.58. The van der Waals surface area contributed by atoms with E-state index in [9.17, 15) is 13.5 Å². The van der Waals surface area contributed by atoms with Gasteiger partial charge in [0.2, 0.25) is 0 Å². The topological polar surface area (TPSA) is 63.6 Å². The summed E-state index contributed by atoms with van der Waals surface area (Å²) in [6.07, 6.45) is 1.11. The molecule has 1 aromatic rings. The molecule has 0 aliphatic carbocycles. The molecule has 17 heavy (non-hydrogen) atoms. The fraction of sp³-hybridized carbons (Fsp3) is 0.455. The van der Waals surface area contributed by atoms with Crippen molar-refractivity contribution in [2.24, 2.45) is 0 Å². The number of methoxy groups -OCH3 is 1. The molecule has 0 radical (unpaired) electrons. The smallest absolute Gasteiger partial charge is 0.175 e. The van der Waals surface area contributed by atoms with E-state index in [1.807, 2.05) is 0 Å². The summed E-state index contributed by atoms with van der Waals surface area (Å²) in [6.45, 7) is 1.54. The van der Waals surface area contributed by atoms with Crippen LogP contribution in [-0.4, -0.2) is 33.5 Å². The Bertz CT molecular complexity index is 508. The van der Waals surface area contributed by atoms with Crippen molar-refractivity contribution in [3.8, 4) is 0 Å². The molecule has 0 spiro atoms. The van der Waals surface area contributed by atoms with Gasteiger partial charge in [0, 0.05) is 23.4 Å². The maximum Gasteiger partial charge on any atom is 0.175 e. The van der Waals surface area contributed by atoms with Gasteiger partial charge in [-0.15, -0.1) is 0 Å². The Morgan fingerprint density at radius 3 is 2.53 bits per heavy atom. The minimum absolute atomic E-state index is 0.0198. The summed E-state index contributed by atoms with van der Waals surface area (Å²) < 4.78 is 28.9. The van der Waals surface area contributed by atoms with Crippen LogP contribution >= 0.6 is 15.9 Å². The number of rotatable bonds is 4. The Kier molecular flexibility index (Phi) is 4.35. The molecule has 0 fully saturated rings. The van der Waals surface area contributed by atoms with E-state index in [1.54, 1.807) is 12.1 Å². The number of sulfone groups is 1. The highest BCUT2D eigenvalue weighted by molar-refractivity contribution is 9.10. The molecular weight excluding hydrogens is 308 g/mol. The Morgan fingerprint density at radius 1 is 1.47 bits per heavy atom. The zero-order valence-corrected chi connectivity index (χ0v) is 12.3. The van der Waals surface area contributed by atoms with Gasteiger partial charge in [0.25, 0.3) is 0 Å². The second-order valence-electron chi connectivity index (χ2n) is 4.12. The third-order valence-corrected chi connectivity index (χ3v) is 3.99. The third-order valence-electron chi connectivity index (χ3n) is 2.35. The van der Waals surface area contributed by atoms with E-state index in [0.29, 0.717) is 10.0 Å². The van der Waals surface area contributed by atoms with Crippen LogP contribution in [0.15, 0.2) is 27.6 Å². The monoisotopic (exact) mass is 322 g/mol. The van der Waals surface area contributed by atoms with Crippen molar-refractivity contribution in [3.63, 3.8) is 0 Å². The van der Waals surface area contributed by atoms with Gasteiger partial charge in [-0.2, -0.15) is 0 Å². The maximum absolute atomic E-state index is 11.6. The zero-order valence-electron chi connectivity index (χ0n) is 9.90. The summed E-state index contributed by atoms with van der Waals surface area (Å²) in [4.78, 5) is 0.114. The lowest BCUT2D eigenvalue weighted by molar-refractivity contribution is -0.0228. The minimum Gasteiger partial charge on any atom is -0.383 e. The molecule has 4 nitrogen and oxygen atoms in total. The quantitative estimate of drug-likeness (QED) is 0.916. The average molecular weight is 323 g/mol. The number of halogens is 1. The minimum atomic E-state index is -3.39. The Morgan fingerprint density at radius 2 is 2.06 bits per heavy atom. The van der Waals surface area contributed by atoms with Crippen LogP contribution in [0.4, 0.5) is 0 Å². The predicted octanol–water partition coefficient (Wildman–Crippen LogP) is 1.71. The lowest BCUT2D eigenvalue weighted by atomic mass is 9.97. The molecule has 1 rings (SSSR count). The van der Waals surface area contributed by atoms with Crippen LogP contribution < -0.4 is 0 Å². The molecule has 96 valence electrons. The van der Waals surface area contributed by atoms with Crippen LogP contribution in [0.3, 0.4) is 0 Å².